The Bertz CT molecular complexity index is 923. The van der Waals surface area contributed by atoms with Crippen LogP contribution in [0.3, 0.4) is 0 Å². The van der Waals surface area contributed by atoms with Crippen molar-refractivity contribution >= 4 is 37.5 Å². The van der Waals surface area contributed by atoms with Gasteiger partial charge in [0.1, 0.15) is 11.2 Å². The fourth-order valence-electron chi connectivity index (χ4n) is 2.44. The molecule has 0 radical (unpaired) electrons. The molecule has 0 spiro atoms. The van der Waals surface area contributed by atoms with E-state index in [2.05, 4.69) is 53.6 Å². The molecule has 0 fully saturated rings. The lowest BCUT2D eigenvalue weighted by Crippen LogP contribution is -1.89. The second kappa shape index (κ2) is 5.30. The number of hydrogen-bond donors (Lipinski definition) is 0. The summed E-state index contributed by atoms with van der Waals surface area (Å²) >= 11 is 5.13. The minimum Gasteiger partial charge on any atom is -0.333 e. The molecule has 6 heteroatoms. The average molecular weight is 371 g/mol. The number of imidazole rings is 1. The van der Waals surface area contributed by atoms with Crippen molar-refractivity contribution in [3.05, 3.63) is 53.7 Å². The lowest BCUT2D eigenvalue weighted by atomic mass is 10.1. The SMILES string of the molecule is Cn1cnc(-c2ccc(Br)cc2)c1-c1cc2cncnc2s1. The highest BCUT2D eigenvalue weighted by atomic mass is 79.9. The average Bonchev–Trinajstić information content (AvgIpc) is 3.11. The van der Waals surface area contributed by atoms with Crippen molar-refractivity contribution in [1.82, 2.24) is 19.5 Å². The summed E-state index contributed by atoms with van der Waals surface area (Å²) in [4.78, 5) is 15.1. The number of rotatable bonds is 2. The molecule has 4 aromatic rings. The number of fused-ring (bicyclic) bond motifs is 1. The molecule has 0 unspecified atom stereocenters. The first kappa shape index (κ1) is 13.6. The molecule has 0 saturated heterocycles. The molecule has 1 aromatic carbocycles. The van der Waals surface area contributed by atoms with Crippen LogP contribution in [-0.4, -0.2) is 19.5 Å². The highest BCUT2D eigenvalue weighted by Crippen LogP contribution is 2.37. The van der Waals surface area contributed by atoms with Gasteiger partial charge in [-0.2, -0.15) is 0 Å². The number of halogens is 1. The van der Waals surface area contributed by atoms with Gasteiger partial charge in [0.2, 0.25) is 0 Å². The molecular weight excluding hydrogens is 360 g/mol. The number of aromatic nitrogens is 4. The lowest BCUT2D eigenvalue weighted by molar-refractivity contribution is 0.923. The second-order valence-electron chi connectivity index (χ2n) is 4.95. The summed E-state index contributed by atoms with van der Waals surface area (Å²) < 4.78 is 3.11. The number of thiophene rings is 1. The summed E-state index contributed by atoms with van der Waals surface area (Å²) in [7, 11) is 2.01. The van der Waals surface area contributed by atoms with E-state index >= 15 is 0 Å². The predicted molar refractivity (Wildman–Crippen MR) is 92.8 cm³/mol. The van der Waals surface area contributed by atoms with E-state index in [9.17, 15) is 0 Å². The first-order valence-corrected chi connectivity index (χ1v) is 8.30. The van der Waals surface area contributed by atoms with Gasteiger partial charge in [-0.25, -0.2) is 15.0 Å². The van der Waals surface area contributed by atoms with Crippen molar-refractivity contribution in [2.45, 2.75) is 0 Å². The molecule has 0 aliphatic heterocycles. The number of nitrogens with zero attached hydrogens (tertiary/aromatic N) is 4. The predicted octanol–water partition coefficient (Wildman–Crippen LogP) is 4.52. The molecule has 0 saturated carbocycles. The monoisotopic (exact) mass is 370 g/mol. The van der Waals surface area contributed by atoms with Gasteiger partial charge >= 0.3 is 0 Å². The zero-order chi connectivity index (χ0) is 15.1. The van der Waals surface area contributed by atoms with Gasteiger partial charge in [-0.05, 0) is 18.2 Å². The first-order chi connectivity index (χ1) is 10.7. The van der Waals surface area contributed by atoms with Crippen molar-refractivity contribution < 1.29 is 0 Å². The van der Waals surface area contributed by atoms with Crippen molar-refractivity contribution in [3.8, 4) is 21.8 Å². The Morgan fingerprint density at radius 3 is 2.73 bits per heavy atom. The van der Waals surface area contributed by atoms with Crippen LogP contribution in [0.2, 0.25) is 0 Å². The van der Waals surface area contributed by atoms with Crippen LogP contribution in [0.1, 0.15) is 0 Å². The Balaban J connectivity index is 1.91. The summed E-state index contributed by atoms with van der Waals surface area (Å²) in [6.07, 6.45) is 5.28. The smallest absolute Gasteiger partial charge is 0.127 e. The Hall–Kier alpha value is -2.05. The van der Waals surface area contributed by atoms with Crippen LogP contribution in [0.4, 0.5) is 0 Å². The van der Waals surface area contributed by atoms with Gasteiger partial charge in [0.25, 0.3) is 0 Å². The maximum atomic E-state index is 4.58. The molecule has 0 aliphatic rings. The van der Waals surface area contributed by atoms with E-state index in [1.54, 1.807) is 17.7 Å². The molecule has 4 nitrogen and oxygen atoms in total. The van der Waals surface area contributed by atoms with Gasteiger partial charge in [-0.1, -0.05) is 28.1 Å². The largest absolute Gasteiger partial charge is 0.333 e. The molecule has 108 valence electrons. The molecular formula is C16H11BrN4S. The Labute approximate surface area is 139 Å². The summed E-state index contributed by atoms with van der Waals surface area (Å²) in [5, 5.41) is 1.06. The number of benzene rings is 1. The van der Waals surface area contributed by atoms with Gasteiger partial charge in [0.15, 0.2) is 0 Å². The third-order valence-electron chi connectivity index (χ3n) is 3.48. The van der Waals surface area contributed by atoms with Crippen LogP contribution in [0.5, 0.6) is 0 Å². The molecule has 0 atom stereocenters. The summed E-state index contributed by atoms with van der Waals surface area (Å²) in [6, 6.07) is 10.3. The van der Waals surface area contributed by atoms with E-state index in [1.165, 1.54) is 0 Å². The molecule has 0 bridgehead atoms. The number of aryl methyl sites for hydroxylation is 1. The van der Waals surface area contributed by atoms with Crippen LogP contribution in [0.25, 0.3) is 32.0 Å². The van der Waals surface area contributed by atoms with E-state index < -0.39 is 0 Å². The van der Waals surface area contributed by atoms with Crippen LogP contribution in [-0.2, 0) is 7.05 Å². The minimum absolute atomic E-state index is 0.981. The van der Waals surface area contributed by atoms with E-state index in [0.29, 0.717) is 0 Å². The Morgan fingerprint density at radius 1 is 1.14 bits per heavy atom. The van der Waals surface area contributed by atoms with Gasteiger partial charge in [0, 0.05) is 28.7 Å². The van der Waals surface area contributed by atoms with Gasteiger partial charge in [-0.15, -0.1) is 11.3 Å². The van der Waals surface area contributed by atoms with Gasteiger partial charge in [0.05, 0.1) is 22.6 Å². The van der Waals surface area contributed by atoms with Crippen LogP contribution in [0.15, 0.2) is 53.7 Å². The fraction of sp³-hybridized carbons (Fsp3) is 0.0625. The van der Waals surface area contributed by atoms with E-state index in [0.717, 1.165) is 36.5 Å². The third kappa shape index (κ3) is 2.24. The van der Waals surface area contributed by atoms with Crippen molar-refractivity contribution in [2.24, 2.45) is 7.05 Å². The molecule has 0 amide bonds. The molecule has 3 heterocycles. The maximum absolute atomic E-state index is 4.58. The number of hydrogen-bond acceptors (Lipinski definition) is 4. The van der Waals surface area contributed by atoms with Crippen molar-refractivity contribution in [3.63, 3.8) is 0 Å². The van der Waals surface area contributed by atoms with E-state index in [-0.39, 0.29) is 0 Å². The summed E-state index contributed by atoms with van der Waals surface area (Å²) in [6.45, 7) is 0. The zero-order valence-electron chi connectivity index (χ0n) is 11.7. The molecule has 3 aromatic heterocycles. The third-order valence-corrected chi connectivity index (χ3v) is 5.08. The molecule has 4 rings (SSSR count). The fourth-order valence-corrected chi connectivity index (χ4v) is 3.77. The maximum Gasteiger partial charge on any atom is 0.127 e. The summed E-state index contributed by atoms with van der Waals surface area (Å²) in [5.74, 6) is 0. The second-order valence-corrected chi connectivity index (χ2v) is 6.90. The lowest BCUT2D eigenvalue weighted by Gasteiger charge is -2.04. The van der Waals surface area contributed by atoms with Crippen LogP contribution in [0, 0.1) is 0 Å². The minimum atomic E-state index is 0.981. The normalized spacial score (nSPS) is 11.2. The molecule has 0 N–H and O–H groups in total. The van der Waals surface area contributed by atoms with Gasteiger partial charge in [-0.3, -0.25) is 0 Å². The van der Waals surface area contributed by atoms with Crippen LogP contribution >= 0.6 is 27.3 Å². The molecule has 0 aliphatic carbocycles. The first-order valence-electron chi connectivity index (χ1n) is 6.69. The highest BCUT2D eigenvalue weighted by Gasteiger charge is 2.16. The Kier molecular flexibility index (Phi) is 3.28. The zero-order valence-corrected chi connectivity index (χ0v) is 14.1. The standard InChI is InChI=1S/C16H11BrN4S/c1-21-9-20-14(10-2-4-12(17)5-3-10)15(21)13-6-11-7-18-8-19-16(11)22-13/h2-9H,1H3. The summed E-state index contributed by atoms with van der Waals surface area (Å²) in [5.41, 5.74) is 3.18. The quantitative estimate of drug-likeness (QED) is 0.520. The van der Waals surface area contributed by atoms with Gasteiger partial charge < -0.3 is 4.57 Å². The van der Waals surface area contributed by atoms with E-state index in [4.69, 9.17) is 0 Å². The van der Waals surface area contributed by atoms with Crippen LogP contribution < -0.4 is 0 Å². The van der Waals surface area contributed by atoms with Crippen molar-refractivity contribution in [2.75, 3.05) is 0 Å². The van der Waals surface area contributed by atoms with E-state index in [1.807, 2.05) is 31.7 Å². The molecule has 22 heavy (non-hydrogen) atoms. The van der Waals surface area contributed by atoms with Crippen molar-refractivity contribution in [1.29, 1.82) is 0 Å². The topological polar surface area (TPSA) is 43.6 Å². The Morgan fingerprint density at radius 2 is 1.95 bits per heavy atom. The highest BCUT2D eigenvalue weighted by molar-refractivity contribution is 9.10.